The third kappa shape index (κ3) is 3.09. The molecule has 0 saturated carbocycles. The second kappa shape index (κ2) is 6.36. The molecule has 0 fully saturated rings. The van der Waals surface area contributed by atoms with Gasteiger partial charge >= 0.3 is 0 Å². The zero-order valence-electron chi connectivity index (χ0n) is 13.8. The Morgan fingerprint density at radius 2 is 1.60 bits per heavy atom. The lowest BCUT2D eigenvalue weighted by molar-refractivity contribution is 0.414. The summed E-state index contributed by atoms with van der Waals surface area (Å²) in [6.07, 6.45) is 2.05. The van der Waals surface area contributed by atoms with Crippen LogP contribution in [0, 0.1) is 6.92 Å². The number of hydrogen-bond donors (Lipinski definition) is 0. The van der Waals surface area contributed by atoms with Gasteiger partial charge in [0.25, 0.3) is 0 Å². The van der Waals surface area contributed by atoms with Crippen molar-refractivity contribution in [3.05, 3.63) is 91.5 Å². The molecule has 25 heavy (non-hydrogen) atoms. The van der Waals surface area contributed by atoms with Crippen LogP contribution in [0.4, 0.5) is 0 Å². The Labute approximate surface area is 147 Å². The van der Waals surface area contributed by atoms with E-state index >= 15 is 0 Å². The van der Waals surface area contributed by atoms with Crippen LogP contribution >= 0.6 is 0 Å². The van der Waals surface area contributed by atoms with Crippen LogP contribution in [0.15, 0.2) is 79.0 Å². The van der Waals surface area contributed by atoms with Crippen LogP contribution in [0.1, 0.15) is 5.56 Å². The van der Waals surface area contributed by atoms with Crippen LogP contribution in [0.25, 0.3) is 16.6 Å². The molecule has 0 spiro atoms. The van der Waals surface area contributed by atoms with Gasteiger partial charge in [0.2, 0.25) is 0 Å². The molecule has 1 heterocycles. The lowest BCUT2D eigenvalue weighted by Gasteiger charge is -2.09. The van der Waals surface area contributed by atoms with Gasteiger partial charge in [0.15, 0.2) is 0 Å². The highest BCUT2D eigenvalue weighted by molar-refractivity contribution is 5.83. The van der Waals surface area contributed by atoms with E-state index in [0.717, 1.165) is 33.8 Å². The minimum atomic E-state index is 0.683. The number of ether oxygens (including phenoxy) is 2. The van der Waals surface area contributed by atoms with Gasteiger partial charge in [-0.3, -0.25) is 0 Å². The van der Waals surface area contributed by atoms with E-state index in [1.165, 1.54) is 0 Å². The van der Waals surface area contributed by atoms with Crippen LogP contribution < -0.4 is 9.47 Å². The number of nitrogens with zero attached hydrogens (tertiary/aromatic N) is 1. The topological polar surface area (TPSA) is 23.4 Å². The Morgan fingerprint density at radius 1 is 0.800 bits per heavy atom. The first-order valence-electron chi connectivity index (χ1n) is 8.02. The summed E-state index contributed by atoms with van der Waals surface area (Å²) >= 11 is 0. The zero-order chi connectivity index (χ0) is 17.2. The van der Waals surface area contributed by atoms with Crippen molar-refractivity contribution in [2.24, 2.45) is 0 Å². The number of hydrogen-bond acceptors (Lipinski definition) is 2. The Morgan fingerprint density at radius 3 is 2.44 bits per heavy atom. The van der Waals surface area contributed by atoms with Crippen molar-refractivity contribution in [1.29, 1.82) is 0 Å². The van der Waals surface area contributed by atoms with Crippen molar-refractivity contribution in [2.75, 3.05) is 7.11 Å². The fraction of sp³-hybridized carbons (Fsp3) is 0.0455. The molecule has 0 aliphatic heterocycles. The molecule has 3 heteroatoms. The lowest BCUT2D eigenvalue weighted by Crippen LogP contribution is -1.93. The Kier molecular flexibility index (Phi) is 3.90. The second-order valence-electron chi connectivity index (χ2n) is 5.78. The van der Waals surface area contributed by atoms with Gasteiger partial charge in [0, 0.05) is 23.3 Å². The van der Waals surface area contributed by atoms with Crippen molar-refractivity contribution >= 4 is 10.9 Å². The summed E-state index contributed by atoms with van der Waals surface area (Å²) in [7, 11) is 1.67. The molecule has 0 atom stereocenters. The number of fused-ring (bicyclic) bond motifs is 1. The van der Waals surface area contributed by atoms with Gasteiger partial charge in [-0.2, -0.15) is 0 Å². The van der Waals surface area contributed by atoms with Gasteiger partial charge in [-0.15, -0.1) is 0 Å². The van der Waals surface area contributed by atoms with E-state index in [2.05, 4.69) is 22.8 Å². The van der Waals surface area contributed by atoms with Crippen LogP contribution in [-0.2, 0) is 0 Å². The summed E-state index contributed by atoms with van der Waals surface area (Å²) in [5, 5.41) is 1.10. The summed E-state index contributed by atoms with van der Waals surface area (Å²) in [6, 6.07) is 23.5. The van der Waals surface area contributed by atoms with Gasteiger partial charge in [-0.25, -0.2) is 0 Å². The third-order valence-electron chi connectivity index (χ3n) is 4.09. The molecule has 0 aliphatic carbocycles. The summed E-state index contributed by atoms with van der Waals surface area (Å²) in [4.78, 5) is 0. The maximum atomic E-state index is 5.91. The Hall–Kier alpha value is -3.20. The fourth-order valence-corrected chi connectivity index (χ4v) is 2.88. The van der Waals surface area contributed by atoms with E-state index in [0.29, 0.717) is 5.56 Å². The minimum Gasteiger partial charge on any atom is -0.497 e. The maximum Gasteiger partial charge on any atom is 0.128 e. The summed E-state index contributed by atoms with van der Waals surface area (Å²) < 4.78 is 13.4. The average Bonchev–Trinajstić information content (AvgIpc) is 3.05. The summed E-state index contributed by atoms with van der Waals surface area (Å²) in [5.41, 5.74) is 2.84. The largest absolute Gasteiger partial charge is 0.497 e. The highest BCUT2D eigenvalue weighted by Crippen LogP contribution is 2.29. The summed E-state index contributed by atoms with van der Waals surface area (Å²) in [5.74, 6) is 2.34. The van der Waals surface area contributed by atoms with Crippen molar-refractivity contribution in [3.8, 4) is 22.9 Å². The van der Waals surface area contributed by atoms with Crippen molar-refractivity contribution in [2.45, 2.75) is 0 Å². The van der Waals surface area contributed by atoms with Crippen LogP contribution in [-0.4, -0.2) is 11.7 Å². The monoisotopic (exact) mass is 327 g/mol. The molecule has 0 amide bonds. The Bertz CT molecular complexity index is 1030. The molecule has 0 saturated heterocycles. The highest BCUT2D eigenvalue weighted by Gasteiger charge is 2.06. The molecule has 0 bridgehead atoms. The molecule has 0 aliphatic rings. The predicted octanol–water partition coefficient (Wildman–Crippen LogP) is 5.49. The normalized spacial score (nSPS) is 10.8. The first-order valence-corrected chi connectivity index (χ1v) is 8.02. The van der Waals surface area contributed by atoms with E-state index in [1.54, 1.807) is 7.11 Å². The molecule has 0 unspecified atom stereocenters. The third-order valence-corrected chi connectivity index (χ3v) is 4.09. The number of methoxy groups -OCH3 is 1. The van der Waals surface area contributed by atoms with E-state index in [-0.39, 0.29) is 0 Å². The van der Waals surface area contributed by atoms with E-state index < -0.39 is 0 Å². The first kappa shape index (κ1) is 15.3. The van der Waals surface area contributed by atoms with Gasteiger partial charge in [-0.05, 0) is 61.0 Å². The molecule has 0 N–H and O–H groups in total. The maximum absolute atomic E-state index is 5.91. The SMILES string of the molecule is [CH]c1cccc(Oc2ccc3c(ccn3-c3cccc(OC)c3)c2)c1. The molecule has 122 valence electrons. The zero-order valence-corrected chi connectivity index (χ0v) is 13.8. The fourth-order valence-electron chi connectivity index (χ4n) is 2.88. The smallest absolute Gasteiger partial charge is 0.128 e. The molecule has 1 aromatic heterocycles. The highest BCUT2D eigenvalue weighted by atomic mass is 16.5. The van der Waals surface area contributed by atoms with Gasteiger partial charge in [0.05, 0.1) is 12.6 Å². The van der Waals surface area contributed by atoms with Gasteiger partial charge in [0.1, 0.15) is 17.2 Å². The van der Waals surface area contributed by atoms with E-state index in [4.69, 9.17) is 16.4 Å². The molecular weight excluding hydrogens is 310 g/mol. The molecule has 3 nitrogen and oxygen atoms in total. The molecule has 4 rings (SSSR count). The molecule has 4 aromatic rings. The number of benzene rings is 3. The minimum absolute atomic E-state index is 0.683. The van der Waals surface area contributed by atoms with Gasteiger partial charge in [-0.1, -0.05) is 18.2 Å². The van der Waals surface area contributed by atoms with Crippen molar-refractivity contribution in [1.82, 2.24) is 4.57 Å². The first-order chi connectivity index (χ1) is 12.2. The van der Waals surface area contributed by atoms with E-state index in [9.17, 15) is 0 Å². The quantitative estimate of drug-likeness (QED) is 0.495. The molecular formula is C22H17NO2. The van der Waals surface area contributed by atoms with Crippen LogP contribution in [0.5, 0.6) is 17.2 Å². The number of aromatic nitrogens is 1. The van der Waals surface area contributed by atoms with Gasteiger partial charge < -0.3 is 14.0 Å². The second-order valence-corrected chi connectivity index (χ2v) is 5.78. The van der Waals surface area contributed by atoms with Crippen LogP contribution in [0.3, 0.4) is 0 Å². The summed E-state index contributed by atoms with van der Waals surface area (Å²) in [6.45, 7) is 5.80. The standard InChI is InChI=1S/C22H17NO2/c1-16-5-3-8-20(13-16)25-21-9-10-22-17(14-21)11-12-23(22)18-6-4-7-19(15-18)24-2/h1,3-15H,2H3. The van der Waals surface area contributed by atoms with Crippen LogP contribution in [0.2, 0.25) is 0 Å². The molecule has 3 aromatic carbocycles. The lowest BCUT2D eigenvalue weighted by atomic mass is 10.2. The van der Waals surface area contributed by atoms with Crippen molar-refractivity contribution < 1.29 is 9.47 Å². The molecule has 2 radical (unpaired) electrons. The number of rotatable bonds is 4. The van der Waals surface area contributed by atoms with Crippen molar-refractivity contribution in [3.63, 3.8) is 0 Å². The van der Waals surface area contributed by atoms with E-state index in [1.807, 2.05) is 60.8 Å². The average molecular weight is 327 g/mol. The Balaban J connectivity index is 1.69. The predicted molar refractivity (Wildman–Crippen MR) is 99.7 cm³/mol.